The summed E-state index contributed by atoms with van der Waals surface area (Å²) >= 11 is 1.61. The van der Waals surface area contributed by atoms with Gasteiger partial charge in [0.1, 0.15) is 0 Å². The maximum atomic E-state index is 11.1. The predicted octanol–water partition coefficient (Wildman–Crippen LogP) is 7.33. The lowest BCUT2D eigenvalue weighted by Gasteiger charge is -2.23. The molecule has 0 bridgehead atoms. The highest BCUT2D eigenvalue weighted by atomic mass is 32.2. The zero-order chi connectivity index (χ0) is 31.0. The van der Waals surface area contributed by atoms with Crippen molar-refractivity contribution in [3.63, 3.8) is 0 Å². The van der Waals surface area contributed by atoms with Gasteiger partial charge in [-0.3, -0.25) is 4.55 Å². The van der Waals surface area contributed by atoms with Gasteiger partial charge >= 0.3 is 5.97 Å². The van der Waals surface area contributed by atoms with Gasteiger partial charge in [0, 0.05) is 43.8 Å². The Labute approximate surface area is 258 Å². The topological polar surface area (TPSA) is 111 Å². The summed E-state index contributed by atoms with van der Waals surface area (Å²) in [7, 11) is 0.483. The molecule has 4 aromatic rings. The number of benzene rings is 3. The van der Waals surface area contributed by atoms with Gasteiger partial charge in [-0.15, -0.1) is 11.3 Å². The first-order valence-corrected chi connectivity index (χ1v) is 17.0. The lowest BCUT2D eigenvalue weighted by molar-refractivity contribution is 0.0697. The Hall–Kier alpha value is -3.73. The number of hydrogen-bond donors (Lipinski definition) is 2. The van der Waals surface area contributed by atoms with Crippen LogP contribution >= 0.6 is 11.3 Å². The minimum absolute atomic E-state index is 0.301. The van der Waals surface area contributed by atoms with Crippen LogP contribution in [0.5, 0.6) is 0 Å². The first-order valence-electron chi connectivity index (χ1n) is 14.3. The Morgan fingerprint density at radius 2 is 1.40 bits per heavy atom. The van der Waals surface area contributed by atoms with Crippen LogP contribution in [0.3, 0.4) is 0 Å². The van der Waals surface area contributed by atoms with Gasteiger partial charge in [-0.25, -0.2) is 9.78 Å². The van der Waals surface area contributed by atoms with E-state index in [4.69, 9.17) is 14.6 Å². The Bertz CT molecular complexity index is 1570. The molecule has 1 aliphatic carbocycles. The van der Waals surface area contributed by atoms with Crippen molar-refractivity contribution in [1.82, 2.24) is 4.98 Å². The van der Waals surface area contributed by atoms with Crippen molar-refractivity contribution in [3.05, 3.63) is 100 Å². The summed E-state index contributed by atoms with van der Waals surface area (Å²) in [6, 6.07) is 24.9. The fraction of sp³-hybridized carbons (Fsp3) is 0.333. The first kappa shape index (κ1) is 32.2. The lowest BCUT2D eigenvalue weighted by atomic mass is 9.84. The molecule has 0 amide bonds. The van der Waals surface area contributed by atoms with Crippen LogP contribution in [-0.4, -0.2) is 49.4 Å². The third-order valence-electron chi connectivity index (χ3n) is 7.52. The molecular weight excluding hydrogens is 583 g/mol. The van der Waals surface area contributed by atoms with Crippen LogP contribution in [0.4, 0.5) is 10.8 Å². The van der Waals surface area contributed by atoms with Gasteiger partial charge in [0.25, 0.3) is 10.1 Å². The first-order chi connectivity index (χ1) is 20.5. The lowest BCUT2D eigenvalue weighted by Crippen LogP contribution is -2.16. The third-order valence-corrected chi connectivity index (χ3v) is 8.47. The van der Waals surface area contributed by atoms with Crippen LogP contribution in [0.2, 0.25) is 0 Å². The summed E-state index contributed by atoms with van der Waals surface area (Å²) in [5.41, 5.74) is 7.43. The number of nitrogens with zero attached hydrogens (tertiary/aromatic N) is 3. The molecule has 0 saturated heterocycles. The van der Waals surface area contributed by atoms with E-state index in [1.807, 2.05) is 19.2 Å². The van der Waals surface area contributed by atoms with Crippen molar-refractivity contribution in [1.29, 1.82) is 0 Å². The smallest absolute Gasteiger partial charge is 0.335 e. The van der Waals surface area contributed by atoms with E-state index in [1.54, 1.807) is 23.5 Å². The van der Waals surface area contributed by atoms with Crippen LogP contribution < -0.4 is 9.80 Å². The predicted molar refractivity (Wildman–Crippen MR) is 175 cm³/mol. The fourth-order valence-corrected chi connectivity index (χ4v) is 6.05. The Kier molecular flexibility index (Phi) is 11.0. The molecule has 2 N–H and O–H groups in total. The summed E-state index contributed by atoms with van der Waals surface area (Å²) < 4.78 is 25.9. The maximum absolute atomic E-state index is 11.1. The number of carboxylic acids is 1. The van der Waals surface area contributed by atoms with Crippen molar-refractivity contribution in [3.8, 4) is 11.3 Å². The van der Waals surface area contributed by atoms with Gasteiger partial charge in [0.15, 0.2) is 5.13 Å². The zero-order valence-corrected chi connectivity index (χ0v) is 26.4. The van der Waals surface area contributed by atoms with E-state index < -0.39 is 16.1 Å². The molecule has 0 aliphatic heterocycles. The number of carboxylic acid groups (broad SMARTS) is 1. The zero-order valence-electron chi connectivity index (χ0n) is 24.8. The molecule has 0 atom stereocenters. The molecule has 1 aliphatic rings. The Morgan fingerprint density at radius 3 is 1.95 bits per heavy atom. The van der Waals surface area contributed by atoms with Gasteiger partial charge < -0.3 is 14.9 Å². The van der Waals surface area contributed by atoms with Crippen molar-refractivity contribution in [2.75, 3.05) is 30.2 Å². The molecule has 43 heavy (non-hydrogen) atoms. The van der Waals surface area contributed by atoms with Crippen LogP contribution in [0.25, 0.3) is 11.3 Å². The normalized spacial score (nSPS) is 13.6. The largest absolute Gasteiger partial charge is 0.478 e. The van der Waals surface area contributed by atoms with E-state index >= 15 is 0 Å². The summed E-state index contributed by atoms with van der Waals surface area (Å²) in [5, 5.41) is 12.1. The fourth-order valence-electron chi connectivity index (χ4n) is 5.25. The maximum Gasteiger partial charge on any atom is 0.335 e. The number of aromatic carboxylic acids is 1. The second-order valence-electron chi connectivity index (χ2n) is 11.1. The van der Waals surface area contributed by atoms with Crippen molar-refractivity contribution in [2.45, 2.75) is 51.1 Å². The molecule has 1 aromatic heterocycles. The van der Waals surface area contributed by atoms with E-state index in [9.17, 15) is 13.2 Å². The average molecular weight is 622 g/mol. The van der Waals surface area contributed by atoms with Crippen LogP contribution in [-0.2, 0) is 23.2 Å². The van der Waals surface area contributed by atoms with E-state index in [-0.39, 0.29) is 0 Å². The van der Waals surface area contributed by atoms with E-state index in [1.165, 1.54) is 48.9 Å². The van der Waals surface area contributed by atoms with Crippen LogP contribution in [0, 0.1) is 0 Å². The van der Waals surface area contributed by atoms with Crippen LogP contribution in [0.1, 0.15) is 65.1 Å². The summed E-state index contributed by atoms with van der Waals surface area (Å²) in [4.78, 5) is 20.3. The van der Waals surface area contributed by atoms with E-state index in [2.05, 4.69) is 70.8 Å². The molecular formula is C33H39N3O5S2. The molecule has 3 aromatic carbocycles. The summed E-state index contributed by atoms with van der Waals surface area (Å²) in [5.74, 6) is -0.158. The van der Waals surface area contributed by atoms with E-state index in [0.29, 0.717) is 18.4 Å². The van der Waals surface area contributed by atoms with Crippen molar-refractivity contribution in [2.24, 2.45) is 0 Å². The highest BCUT2D eigenvalue weighted by Crippen LogP contribution is 2.33. The summed E-state index contributed by atoms with van der Waals surface area (Å²) in [6.07, 6.45) is 7.52. The molecule has 10 heteroatoms. The highest BCUT2D eigenvalue weighted by Gasteiger charge is 2.15. The number of rotatable bonds is 9. The number of hydrogen-bond acceptors (Lipinski definition) is 7. The Morgan fingerprint density at radius 1 is 0.860 bits per heavy atom. The molecule has 0 radical (unpaired) electrons. The quantitative estimate of drug-likeness (QED) is 0.187. The molecule has 1 fully saturated rings. The number of carbonyl (C=O) groups is 1. The number of anilines is 2. The minimum Gasteiger partial charge on any atom is -0.478 e. The second-order valence-corrected chi connectivity index (χ2v) is 13.4. The molecule has 1 saturated carbocycles. The van der Waals surface area contributed by atoms with Crippen molar-refractivity contribution >= 4 is 38.2 Å². The standard InChI is InChI=1S/C32H35N3O2S.CH4O3S/c1-34(20-23-8-12-26(13-9-23)25-6-4-3-5-7-25)29-18-16-27(17-19-29)30-22-38-32(33-30)35(2)21-24-10-14-28(15-11-24)31(36)37;1-5(2,3)4/h8-19,22,25H,3-7,20-21H2,1-2H3,(H,36,37);1H3,(H,2,3,4). The molecule has 5 rings (SSSR count). The number of thiazole rings is 1. The molecule has 0 spiro atoms. The highest BCUT2D eigenvalue weighted by molar-refractivity contribution is 7.85. The van der Waals surface area contributed by atoms with Crippen molar-refractivity contribution < 1.29 is 22.9 Å². The molecule has 0 unspecified atom stereocenters. The molecule has 1 heterocycles. The average Bonchev–Trinajstić information content (AvgIpc) is 3.48. The van der Waals surface area contributed by atoms with Gasteiger partial charge in [-0.2, -0.15) is 8.42 Å². The van der Waals surface area contributed by atoms with Gasteiger partial charge in [-0.1, -0.05) is 67.8 Å². The third kappa shape index (κ3) is 9.91. The van der Waals surface area contributed by atoms with Gasteiger partial charge in [0.2, 0.25) is 0 Å². The van der Waals surface area contributed by atoms with Gasteiger partial charge in [-0.05, 0) is 59.7 Å². The Balaban J connectivity index is 0.000000782. The van der Waals surface area contributed by atoms with Crippen LogP contribution in [0.15, 0.2) is 78.2 Å². The molecule has 228 valence electrons. The minimum atomic E-state index is -3.67. The number of aromatic nitrogens is 1. The second kappa shape index (κ2) is 14.6. The van der Waals surface area contributed by atoms with Gasteiger partial charge in [0.05, 0.1) is 17.5 Å². The summed E-state index contributed by atoms with van der Waals surface area (Å²) in [6.45, 7) is 1.54. The van der Waals surface area contributed by atoms with E-state index in [0.717, 1.165) is 34.4 Å². The SMILES string of the molecule is CN(Cc1ccc(C2CCCCC2)cc1)c1ccc(-c2csc(N(C)Cc3ccc(C(=O)O)cc3)n2)cc1.CS(=O)(=O)O. The monoisotopic (exact) mass is 621 g/mol. The molecule has 8 nitrogen and oxygen atoms in total.